The smallest absolute Gasteiger partial charge is 0.223 e. The van der Waals surface area contributed by atoms with Crippen LogP contribution in [0.25, 0.3) is 0 Å². The van der Waals surface area contributed by atoms with E-state index in [1.54, 1.807) is 0 Å². The lowest BCUT2D eigenvalue weighted by molar-refractivity contribution is -0.127. The Morgan fingerprint density at radius 2 is 1.90 bits per heavy atom. The van der Waals surface area contributed by atoms with E-state index in [0.717, 1.165) is 31.2 Å². The molecular weight excluding hydrogens is 252 g/mol. The van der Waals surface area contributed by atoms with E-state index in [2.05, 4.69) is 5.32 Å². The molecule has 0 spiro atoms. The van der Waals surface area contributed by atoms with Gasteiger partial charge in [-0.15, -0.1) is 0 Å². The first-order valence-corrected chi connectivity index (χ1v) is 7.39. The van der Waals surface area contributed by atoms with Gasteiger partial charge in [0.05, 0.1) is 12.6 Å². The molecule has 0 aromatic heterocycles. The summed E-state index contributed by atoms with van der Waals surface area (Å²) < 4.78 is 0. The maximum Gasteiger partial charge on any atom is 0.223 e. The molecule has 110 valence electrons. The minimum Gasteiger partial charge on any atom is -0.394 e. The molecule has 1 unspecified atom stereocenters. The number of nitrogens with two attached hydrogens (primary N) is 1. The summed E-state index contributed by atoms with van der Waals surface area (Å²) in [4.78, 5) is 12.2. The van der Waals surface area contributed by atoms with Crippen LogP contribution >= 0.6 is 0 Å². The Morgan fingerprint density at radius 1 is 1.25 bits per heavy atom. The summed E-state index contributed by atoms with van der Waals surface area (Å²) in [5.41, 5.74) is 6.98. The summed E-state index contributed by atoms with van der Waals surface area (Å²) in [5, 5.41) is 12.4. The predicted octanol–water partition coefficient (Wildman–Crippen LogP) is 1.22. The molecule has 0 bridgehead atoms. The summed E-state index contributed by atoms with van der Waals surface area (Å²) in [6.45, 7) is -0.0349. The predicted molar refractivity (Wildman–Crippen MR) is 79.1 cm³/mol. The first kappa shape index (κ1) is 15.0. The number of rotatable bonds is 5. The fourth-order valence-corrected chi connectivity index (χ4v) is 2.76. The molecule has 0 heterocycles. The van der Waals surface area contributed by atoms with Crippen molar-refractivity contribution in [3.05, 3.63) is 35.9 Å². The van der Waals surface area contributed by atoms with Crippen molar-refractivity contribution in [3.63, 3.8) is 0 Å². The van der Waals surface area contributed by atoms with Crippen LogP contribution in [0.5, 0.6) is 0 Å². The number of aliphatic hydroxyl groups excluding tert-OH is 1. The van der Waals surface area contributed by atoms with Crippen molar-refractivity contribution in [2.24, 2.45) is 11.7 Å². The fraction of sp³-hybridized carbons (Fsp3) is 0.562. The number of benzene rings is 1. The van der Waals surface area contributed by atoms with Gasteiger partial charge in [-0.2, -0.15) is 0 Å². The molecule has 1 saturated carbocycles. The van der Waals surface area contributed by atoms with Crippen molar-refractivity contribution in [2.75, 3.05) is 6.61 Å². The molecule has 4 heteroatoms. The average Bonchev–Trinajstić information content (AvgIpc) is 2.48. The number of nitrogens with one attached hydrogen (secondary N) is 1. The maximum atomic E-state index is 12.2. The summed E-state index contributed by atoms with van der Waals surface area (Å²) >= 11 is 0. The van der Waals surface area contributed by atoms with Crippen molar-refractivity contribution in [2.45, 2.75) is 44.2 Å². The third kappa shape index (κ3) is 4.32. The standard InChI is InChI=1S/C16H24N2O2/c17-14-8-6-13(7-9-14)16(20)18-15(11-19)10-12-4-2-1-3-5-12/h1-5,13-15,19H,6-11,17H2,(H,18,20). The van der Waals surface area contributed by atoms with Crippen LogP contribution in [0.2, 0.25) is 0 Å². The van der Waals surface area contributed by atoms with E-state index in [1.807, 2.05) is 30.3 Å². The largest absolute Gasteiger partial charge is 0.394 e. The number of hydrogen-bond donors (Lipinski definition) is 3. The van der Waals surface area contributed by atoms with E-state index in [9.17, 15) is 9.90 Å². The van der Waals surface area contributed by atoms with Gasteiger partial charge in [-0.25, -0.2) is 0 Å². The molecule has 1 aliphatic carbocycles. The Labute approximate surface area is 120 Å². The highest BCUT2D eigenvalue weighted by Gasteiger charge is 2.25. The van der Waals surface area contributed by atoms with Gasteiger partial charge in [-0.1, -0.05) is 30.3 Å². The van der Waals surface area contributed by atoms with E-state index < -0.39 is 0 Å². The molecule has 0 aliphatic heterocycles. The first-order chi connectivity index (χ1) is 9.69. The van der Waals surface area contributed by atoms with Crippen molar-refractivity contribution >= 4 is 5.91 Å². The molecule has 4 nitrogen and oxygen atoms in total. The van der Waals surface area contributed by atoms with Crippen LogP contribution in [-0.2, 0) is 11.2 Å². The second-order valence-corrected chi connectivity index (χ2v) is 5.69. The summed E-state index contributed by atoms with van der Waals surface area (Å²) in [6.07, 6.45) is 4.21. The van der Waals surface area contributed by atoms with Gasteiger partial charge in [0, 0.05) is 12.0 Å². The zero-order valence-electron chi connectivity index (χ0n) is 11.8. The van der Waals surface area contributed by atoms with Crippen LogP contribution in [-0.4, -0.2) is 29.7 Å². The van der Waals surface area contributed by atoms with Gasteiger partial charge in [0.1, 0.15) is 0 Å². The fourth-order valence-electron chi connectivity index (χ4n) is 2.76. The molecule has 1 amide bonds. The molecule has 2 rings (SSSR count). The Morgan fingerprint density at radius 3 is 2.50 bits per heavy atom. The molecular formula is C16H24N2O2. The second kappa shape index (κ2) is 7.41. The van der Waals surface area contributed by atoms with Gasteiger partial charge >= 0.3 is 0 Å². The Kier molecular flexibility index (Phi) is 5.56. The van der Waals surface area contributed by atoms with Crippen LogP contribution in [0.15, 0.2) is 30.3 Å². The lowest BCUT2D eigenvalue weighted by Gasteiger charge is -2.27. The normalized spacial score (nSPS) is 24.1. The van der Waals surface area contributed by atoms with Crippen LogP contribution < -0.4 is 11.1 Å². The zero-order chi connectivity index (χ0) is 14.4. The molecule has 0 radical (unpaired) electrons. The Hall–Kier alpha value is -1.39. The van der Waals surface area contributed by atoms with Gasteiger partial charge in [-0.3, -0.25) is 4.79 Å². The summed E-state index contributed by atoms with van der Waals surface area (Å²) in [7, 11) is 0. The van der Waals surface area contributed by atoms with E-state index in [0.29, 0.717) is 6.42 Å². The topological polar surface area (TPSA) is 75.4 Å². The lowest BCUT2D eigenvalue weighted by Crippen LogP contribution is -2.44. The molecule has 1 aliphatic rings. The third-order valence-corrected chi connectivity index (χ3v) is 4.03. The van der Waals surface area contributed by atoms with Gasteiger partial charge in [0.25, 0.3) is 0 Å². The van der Waals surface area contributed by atoms with E-state index in [4.69, 9.17) is 5.73 Å². The van der Waals surface area contributed by atoms with E-state index in [1.165, 1.54) is 0 Å². The maximum absolute atomic E-state index is 12.2. The van der Waals surface area contributed by atoms with Gasteiger partial charge in [0.2, 0.25) is 5.91 Å². The number of carbonyl (C=O) groups is 1. The second-order valence-electron chi connectivity index (χ2n) is 5.69. The SMILES string of the molecule is NC1CCC(C(=O)NC(CO)Cc2ccccc2)CC1. The molecule has 1 aromatic carbocycles. The van der Waals surface area contributed by atoms with Gasteiger partial charge in [-0.05, 0) is 37.7 Å². The zero-order valence-corrected chi connectivity index (χ0v) is 11.8. The van der Waals surface area contributed by atoms with E-state index >= 15 is 0 Å². The first-order valence-electron chi connectivity index (χ1n) is 7.39. The highest BCUT2D eigenvalue weighted by molar-refractivity contribution is 5.79. The Balaban J connectivity index is 1.85. The van der Waals surface area contributed by atoms with Crippen molar-refractivity contribution in [1.29, 1.82) is 0 Å². The quantitative estimate of drug-likeness (QED) is 0.757. The number of hydrogen-bond acceptors (Lipinski definition) is 3. The Bertz CT molecular complexity index is 414. The monoisotopic (exact) mass is 276 g/mol. The van der Waals surface area contributed by atoms with E-state index in [-0.39, 0.29) is 30.5 Å². The molecule has 4 N–H and O–H groups in total. The third-order valence-electron chi connectivity index (χ3n) is 4.03. The highest BCUT2D eigenvalue weighted by Crippen LogP contribution is 2.23. The number of carbonyl (C=O) groups excluding carboxylic acids is 1. The molecule has 1 aromatic rings. The summed E-state index contributed by atoms with van der Waals surface area (Å²) in [6, 6.07) is 9.95. The minimum absolute atomic E-state index is 0.0349. The highest BCUT2D eigenvalue weighted by atomic mass is 16.3. The van der Waals surface area contributed by atoms with Crippen LogP contribution in [0, 0.1) is 5.92 Å². The van der Waals surface area contributed by atoms with Crippen LogP contribution in [0.3, 0.4) is 0 Å². The molecule has 20 heavy (non-hydrogen) atoms. The average molecular weight is 276 g/mol. The molecule has 1 atom stereocenters. The van der Waals surface area contributed by atoms with Crippen molar-refractivity contribution < 1.29 is 9.90 Å². The summed E-state index contributed by atoms with van der Waals surface area (Å²) in [5.74, 6) is 0.117. The van der Waals surface area contributed by atoms with Crippen LogP contribution in [0.4, 0.5) is 0 Å². The lowest BCUT2D eigenvalue weighted by atomic mass is 9.85. The number of amides is 1. The van der Waals surface area contributed by atoms with Crippen molar-refractivity contribution in [1.82, 2.24) is 5.32 Å². The van der Waals surface area contributed by atoms with Gasteiger partial charge in [0.15, 0.2) is 0 Å². The molecule has 0 saturated heterocycles. The molecule has 1 fully saturated rings. The van der Waals surface area contributed by atoms with Gasteiger partial charge < -0.3 is 16.2 Å². The van der Waals surface area contributed by atoms with Crippen LogP contribution in [0.1, 0.15) is 31.2 Å². The van der Waals surface area contributed by atoms with Crippen molar-refractivity contribution in [3.8, 4) is 0 Å². The number of aliphatic hydroxyl groups is 1. The minimum atomic E-state index is -0.208.